The van der Waals surface area contributed by atoms with E-state index in [1.165, 1.54) is 7.11 Å². The zero-order valence-electron chi connectivity index (χ0n) is 12.1. The van der Waals surface area contributed by atoms with Gasteiger partial charge in [-0.2, -0.15) is 0 Å². The first-order valence-corrected chi connectivity index (χ1v) is 7.55. The molecule has 0 aromatic heterocycles. The number of halogens is 2. The Bertz CT molecular complexity index is 737. The van der Waals surface area contributed by atoms with Crippen molar-refractivity contribution in [3.63, 3.8) is 0 Å². The molecule has 0 aliphatic heterocycles. The Labute approximate surface area is 135 Å². The molecule has 4 nitrogen and oxygen atoms in total. The summed E-state index contributed by atoms with van der Waals surface area (Å²) in [6.45, 7) is 0. The van der Waals surface area contributed by atoms with Crippen molar-refractivity contribution in [2.24, 2.45) is 0 Å². The van der Waals surface area contributed by atoms with Gasteiger partial charge in [-0.05, 0) is 24.3 Å². The molecule has 0 bridgehead atoms. The Morgan fingerprint density at radius 2 is 1.91 bits per heavy atom. The van der Waals surface area contributed by atoms with Crippen LogP contribution in [-0.4, -0.2) is 24.7 Å². The van der Waals surface area contributed by atoms with Crippen molar-refractivity contribution in [3.8, 4) is 0 Å². The summed E-state index contributed by atoms with van der Waals surface area (Å²) in [6.07, 6.45) is 0. The highest BCUT2D eigenvalue weighted by atomic mass is 32.2. The van der Waals surface area contributed by atoms with Crippen LogP contribution in [-0.2, 0) is 9.53 Å². The minimum atomic E-state index is -0.849. The lowest BCUT2D eigenvalue weighted by Gasteiger charge is -2.08. The third-order valence-electron chi connectivity index (χ3n) is 2.86. The lowest BCUT2D eigenvalue weighted by molar-refractivity contribution is -0.113. The number of amides is 1. The van der Waals surface area contributed by atoms with E-state index in [1.807, 2.05) is 0 Å². The van der Waals surface area contributed by atoms with Crippen LogP contribution in [0.4, 0.5) is 14.5 Å². The summed E-state index contributed by atoms with van der Waals surface area (Å²) in [5.41, 5.74) is 0.249. The molecule has 0 atom stereocenters. The first-order chi connectivity index (χ1) is 11.0. The molecule has 0 unspecified atom stereocenters. The van der Waals surface area contributed by atoms with Gasteiger partial charge in [-0.1, -0.05) is 12.1 Å². The smallest absolute Gasteiger partial charge is 0.338 e. The van der Waals surface area contributed by atoms with Crippen LogP contribution >= 0.6 is 11.8 Å². The Morgan fingerprint density at radius 3 is 2.61 bits per heavy atom. The first-order valence-electron chi connectivity index (χ1n) is 6.56. The number of hydrogen-bond acceptors (Lipinski definition) is 4. The second kappa shape index (κ2) is 7.73. The van der Waals surface area contributed by atoms with Gasteiger partial charge in [-0.25, -0.2) is 13.6 Å². The van der Waals surface area contributed by atoms with Gasteiger partial charge in [0.05, 0.1) is 24.1 Å². The standard InChI is InChI=1S/C16H13F2NO3S/c1-22-16(21)11-4-2-3-5-14(11)23-9-15(20)19-13-7-6-10(17)8-12(13)18/h2-8H,9H2,1H3,(H,19,20). The molecule has 0 aliphatic rings. The quantitative estimate of drug-likeness (QED) is 0.670. The summed E-state index contributed by atoms with van der Waals surface area (Å²) in [5, 5.41) is 2.35. The fraction of sp³-hybridized carbons (Fsp3) is 0.125. The monoisotopic (exact) mass is 337 g/mol. The fourth-order valence-electron chi connectivity index (χ4n) is 1.79. The maximum absolute atomic E-state index is 13.5. The molecule has 0 saturated heterocycles. The fourth-order valence-corrected chi connectivity index (χ4v) is 2.63. The van der Waals surface area contributed by atoms with Crippen molar-refractivity contribution in [3.05, 3.63) is 59.7 Å². The molecule has 0 aliphatic carbocycles. The van der Waals surface area contributed by atoms with E-state index in [-0.39, 0.29) is 11.4 Å². The van der Waals surface area contributed by atoms with Crippen LogP contribution in [0, 0.1) is 11.6 Å². The van der Waals surface area contributed by atoms with Crippen LogP contribution < -0.4 is 5.32 Å². The number of carbonyl (C=O) groups is 2. The van der Waals surface area contributed by atoms with Crippen molar-refractivity contribution in [1.82, 2.24) is 0 Å². The Kier molecular flexibility index (Phi) is 5.70. The van der Waals surface area contributed by atoms with E-state index in [0.29, 0.717) is 16.5 Å². The molecule has 7 heteroatoms. The van der Waals surface area contributed by atoms with Crippen molar-refractivity contribution in [2.45, 2.75) is 4.90 Å². The maximum Gasteiger partial charge on any atom is 0.338 e. The number of nitrogens with one attached hydrogen (secondary N) is 1. The molecule has 0 heterocycles. The first kappa shape index (κ1) is 17.0. The van der Waals surface area contributed by atoms with E-state index >= 15 is 0 Å². The number of anilines is 1. The number of rotatable bonds is 5. The predicted molar refractivity (Wildman–Crippen MR) is 83.5 cm³/mol. The molecular weight excluding hydrogens is 324 g/mol. The van der Waals surface area contributed by atoms with Gasteiger partial charge >= 0.3 is 5.97 Å². The van der Waals surface area contributed by atoms with Crippen LogP contribution in [0.2, 0.25) is 0 Å². The van der Waals surface area contributed by atoms with Gasteiger partial charge in [-0.15, -0.1) is 11.8 Å². The van der Waals surface area contributed by atoms with E-state index in [0.717, 1.165) is 23.9 Å². The molecular formula is C16H13F2NO3S. The van der Waals surface area contributed by atoms with Gasteiger partial charge in [0.15, 0.2) is 0 Å². The van der Waals surface area contributed by atoms with Crippen LogP contribution in [0.25, 0.3) is 0 Å². The third-order valence-corrected chi connectivity index (χ3v) is 3.93. The lowest BCUT2D eigenvalue weighted by Crippen LogP contribution is -2.15. The SMILES string of the molecule is COC(=O)c1ccccc1SCC(=O)Nc1ccc(F)cc1F. The Morgan fingerprint density at radius 1 is 1.17 bits per heavy atom. The number of carbonyl (C=O) groups excluding carboxylic acids is 2. The highest BCUT2D eigenvalue weighted by Crippen LogP contribution is 2.24. The number of thioether (sulfide) groups is 1. The molecule has 0 fully saturated rings. The molecule has 1 N–H and O–H groups in total. The van der Waals surface area contributed by atoms with E-state index in [2.05, 4.69) is 10.1 Å². The van der Waals surface area contributed by atoms with Gasteiger partial charge in [0, 0.05) is 11.0 Å². The molecule has 2 aromatic rings. The van der Waals surface area contributed by atoms with Crippen LogP contribution in [0.5, 0.6) is 0 Å². The summed E-state index contributed by atoms with van der Waals surface area (Å²) in [4.78, 5) is 24.1. The van der Waals surface area contributed by atoms with Crippen molar-refractivity contribution in [2.75, 3.05) is 18.2 Å². The van der Waals surface area contributed by atoms with Crippen LogP contribution in [0.3, 0.4) is 0 Å². The van der Waals surface area contributed by atoms with Gasteiger partial charge in [0.1, 0.15) is 11.6 Å². The average Bonchev–Trinajstić information content (AvgIpc) is 2.55. The highest BCUT2D eigenvalue weighted by Gasteiger charge is 2.13. The Balaban J connectivity index is 2.01. The number of ether oxygens (including phenoxy) is 1. The molecule has 0 spiro atoms. The molecule has 120 valence electrons. The van der Waals surface area contributed by atoms with Gasteiger partial charge in [0.25, 0.3) is 0 Å². The van der Waals surface area contributed by atoms with Crippen molar-refractivity contribution in [1.29, 1.82) is 0 Å². The van der Waals surface area contributed by atoms with Crippen molar-refractivity contribution >= 4 is 29.3 Å². The molecule has 1 amide bonds. The van der Waals surface area contributed by atoms with E-state index in [4.69, 9.17) is 0 Å². The van der Waals surface area contributed by atoms with Crippen molar-refractivity contribution < 1.29 is 23.1 Å². The largest absolute Gasteiger partial charge is 0.465 e. The second-order valence-electron chi connectivity index (χ2n) is 4.45. The lowest BCUT2D eigenvalue weighted by atomic mass is 10.2. The van der Waals surface area contributed by atoms with Crippen LogP contribution in [0.15, 0.2) is 47.4 Å². The topological polar surface area (TPSA) is 55.4 Å². The number of methoxy groups -OCH3 is 1. The summed E-state index contributed by atoms with van der Waals surface area (Å²) >= 11 is 1.12. The Hall–Kier alpha value is -2.41. The molecule has 0 saturated carbocycles. The third kappa shape index (κ3) is 4.53. The van der Waals surface area contributed by atoms with E-state index < -0.39 is 23.5 Å². The number of hydrogen-bond donors (Lipinski definition) is 1. The summed E-state index contributed by atoms with van der Waals surface area (Å²) in [7, 11) is 1.27. The predicted octanol–water partition coefficient (Wildman–Crippen LogP) is 3.48. The summed E-state index contributed by atoms with van der Waals surface area (Å²) in [5.74, 6) is -2.58. The summed E-state index contributed by atoms with van der Waals surface area (Å²) < 4.78 is 30.9. The van der Waals surface area contributed by atoms with Crippen LogP contribution in [0.1, 0.15) is 10.4 Å². The molecule has 2 rings (SSSR count). The zero-order chi connectivity index (χ0) is 16.8. The van der Waals surface area contributed by atoms with E-state index in [1.54, 1.807) is 24.3 Å². The highest BCUT2D eigenvalue weighted by molar-refractivity contribution is 8.00. The van der Waals surface area contributed by atoms with E-state index in [9.17, 15) is 18.4 Å². The minimum Gasteiger partial charge on any atom is -0.465 e. The normalized spacial score (nSPS) is 10.2. The van der Waals surface area contributed by atoms with Gasteiger partial charge < -0.3 is 10.1 Å². The number of esters is 1. The second-order valence-corrected chi connectivity index (χ2v) is 5.47. The minimum absolute atomic E-state index is 0.0369. The maximum atomic E-state index is 13.5. The average molecular weight is 337 g/mol. The van der Waals surface area contributed by atoms with Gasteiger partial charge in [-0.3, -0.25) is 4.79 Å². The van der Waals surface area contributed by atoms with Gasteiger partial charge in [0.2, 0.25) is 5.91 Å². The molecule has 2 aromatic carbocycles. The number of benzene rings is 2. The molecule has 0 radical (unpaired) electrons. The summed E-state index contributed by atoms with van der Waals surface area (Å²) in [6, 6.07) is 9.58. The molecule has 23 heavy (non-hydrogen) atoms. The zero-order valence-corrected chi connectivity index (χ0v) is 13.0.